The molecular weight excluding hydrogens is 244 g/mol. The monoisotopic (exact) mass is 272 g/mol. The number of carbonyl (C=O) groups excluding carboxylic acids is 1. The van der Waals surface area contributed by atoms with E-state index in [1.54, 1.807) is 0 Å². The Labute approximate surface area is 116 Å². The molecule has 1 rings (SSSR count). The van der Waals surface area contributed by atoms with E-state index in [0.29, 0.717) is 6.04 Å². The van der Waals surface area contributed by atoms with Gasteiger partial charge in [0.2, 0.25) is 5.91 Å². The minimum Gasteiger partial charge on any atom is -0.356 e. The zero-order valence-electron chi connectivity index (χ0n) is 11.6. The first kappa shape index (κ1) is 15.8. The number of thioether (sulfide) groups is 1. The summed E-state index contributed by atoms with van der Waals surface area (Å²) in [7, 11) is 0. The van der Waals surface area contributed by atoms with Crippen molar-refractivity contribution in [1.82, 2.24) is 5.32 Å². The lowest BCUT2D eigenvalue weighted by Crippen LogP contribution is -2.36. The zero-order chi connectivity index (χ0) is 13.2. The van der Waals surface area contributed by atoms with Gasteiger partial charge in [0.1, 0.15) is 0 Å². The number of hydrogen-bond acceptors (Lipinski definition) is 3. The fourth-order valence-corrected chi connectivity index (χ4v) is 2.96. The van der Waals surface area contributed by atoms with Crippen LogP contribution in [0.5, 0.6) is 0 Å². The molecule has 106 valence electrons. The van der Waals surface area contributed by atoms with E-state index in [4.69, 9.17) is 5.73 Å². The van der Waals surface area contributed by atoms with Crippen molar-refractivity contribution in [2.45, 2.75) is 57.4 Å². The van der Waals surface area contributed by atoms with Gasteiger partial charge in [0.15, 0.2) is 0 Å². The van der Waals surface area contributed by atoms with Gasteiger partial charge in [-0.1, -0.05) is 12.8 Å². The molecule has 1 aliphatic carbocycles. The molecule has 1 amide bonds. The van der Waals surface area contributed by atoms with Gasteiger partial charge >= 0.3 is 0 Å². The Bertz CT molecular complexity index is 228. The quantitative estimate of drug-likeness (QED) is 0.668. The molecule has 0 heterocycles. The molecule has 1 saturated carbocycles. The summed E-state index contributed by atoms with van der Waals surface area (Å²) in [6.07, 6.45) is 11.0. The van der Waals surface area contributed by atoms with E-state index >= 15 is 0 Å². The summed E-state index contributed by atoms with van der Waals surface area (Å²) in [5.74, 6) is 1.74. The highest BCUT2D eigenvalue weighted by atomic mass is 32.2. The van der Waals surface area contributed by atoms with E-state index in [1.807, 2.05) is 11.8 Å². The molecule has 4 heteroatoms. The second-order valence-electron chi connectivity index (χ2n) is 5.31. The van der Waals surface area contributed by atoms with Gasteiger partial charge in [-0.3, -0.25) is 4.79 Å². The van der Waals surface area contributed by atoms with Crippen LogP contribution in [0.25, 0.3) is 0 Å². The van der Waals surface area contributed by atoms with Crippen LogP contribution in [0, 0.1) is 5.92 Å². The van der Waals surface area contributed by atoms with Crippen molar-refractivity contribution in [3.63, 3.8) is 0 Å². The van der Waals surface area contributed by atoms with E-state index in [1.165, 1.54) is 25.0 Å². The average molecular weight is 272 g/mol. The lowest BCUT2D eigenvalue weighted by atomic mass is 9.86. The third-order valence-corrected chi connectivity index (χ3v) is 4.41. The Balaban J connectivity index is 1.96. The Morgan fingerprint density at radius 3 is 2.50 bits per heavy atom. The molecule has 1 fully saturated rings. The second-order valence-corrected chi connectivity index (χ2v) is 6.30. The second kappa shape index (κ2) is 9.68. The van der Waals surface area contributed by atoms with Crippen LogP contribution in [0.15, 0.2) is 0 Å². The molecule has 18 heavy (non-hydrogen) atoms. The molecule has 3 nitrogen and oxygen atoms in total. The van der Waals surface area contributed by atoms with Gasteiger partial charge < -0.3 is 11.1 Å². The number of rotatable bonds is 8. The van der Waals surface area contributed by atoms with Crippen molar-refractivity contribution in [3.05, 3.63) is 0 Å². The zero-order valence-corrected chi connectivity index (χ0v) is 12.4. The molecule has 0 spiro atoms. The molecular formula is C14H28N2OS. The van der Waals surface area contributed by atoms with Crippen molar-refractivity contribution < 1.29 is 4.79 Å². The van der Waals surface area contributed by atoms with E-state index < -0.39 is 0 Å². The number of nitrogens with one attached hydrogen (secondary N) is 1. The van der Waals surface area contributed by atoms with Crippen molar-refractivity contribution in [1.29, 1.82) is 0 Å². The number of unbranched alkanes of at least 4 members (excludes halogenated alkanes) is 3. The van der Waals surface area contributed by atoms with Crippen LogP contribution in [-0.2, 0) is 4.79 Å². The normalized spacial score (nSPS) is 23.9. The molecule has 3 N–H and O–H groups in total. The topological polar surface area (TPSA) is 55.1 Å². The van der Waals surface area contributed by atoms with E-state index in [2.05, 4.69) is 11.6 Å². The van der Waals surface area contributed by atoms with E-state index in [-0.39, 0.29) is 11.8 Å². The maximum Gasteiger partial charge on any atom is 0.223 e. The molecule has 0 radical (unpaired) electrons. The third kappa shape index (κ3) is 6.64. The molecule has 0 bridgehead atoms. The molecule has 0 aromatic heterocycles. The summed E-state index contributed by atoms with van der Waals surface area (Å²) in [5.41, 5.74) is 5.84. The Morgan fingerprint density at radius 1 is 1.17 bits per heavy atom. The highest BCUT2D eigenvalue weighted by Crippen LogP contribution is 2.23. The van der Waals surface area contributed by atoms with Crippen LogP contribution < -0.4 is 11.1 Å². The van der Waals surface area contributed by atoms with Crippen LogP contribution in [0.3, 0.4) is 0 Å². The van der Waals surface area contributed by atoms with Gasteiger partial charge in [-0.2, -0.15) is 11.8 Å². The van der Waals surface area contributed by atoms with Crippen LogP contribution in [0.1, 0.15) is 51.4 Å². The Morgan fingerprint density at radius 2 is 1.83 bits per heavy atom. The van der Waals surface area contributed by atoms with Crippen molar-refractivity contribution in [2.24, 2.45) is 11.7 Å². The van der Waals surface area contributed by atoms with E-state index in [0.717, 1.165) is 38.6 Å². The molecule has 0 aliphatic heterocycles. The number of nitrogens with two attached hydrogens (primary N) is 1. The largest absolute Gasteiger partial charge is 0.356 e. The number of hydrogen-bond donors (Lipinski definition) is 2. The minimum atomic E-state index is 0.223. The molecule has 0 atom stereocenters. The first-order valence-corrected chi connectivity index (χ1v) is 8.65. The SMILES string of the molecule is CSCCCCCCNC(=O)C1CCC(N)CC1. The first-order chi connectivity index (χ1) is 8.74. The fourth-order valence-electron chi connectivity index (χ4n) is 2.46. The highest BCUT2D eigenvalue weighted by molar-refractivity contribution is 7.98. The maximum absolute atomic E-state index is 11.9. The van der Waals surface area contributed by atoms with Crippen molar-refractivity contribution in [3.8, 4) is 0 Å². The first-order valence-electron chi connectivity index (χ1n) is 7.26. The summed E-state index contributed by atoms with van der Waals surface area (Å²) in [6.45, 7) is 0.848. The predicted octanol–water partition coefficient (Wildman–Crippen LogP) is 2.54. The van der Waals surface area contributed by atoms with E-state index in [9.17, 15) is 4.79 Å². The molecule has 0 saturated heterocycles. The van der Waals surface area contributed by atoms with Crippen LogP contribution in [0.4, 0.5) is 0 Å². The Hall–Kier alpha value is -0.220. The average Bonchev–Trinajstić information content (AvgIpc) is 2.38. The number of carbonyl (C=O) groups is 1. The van der Waals surface area contributed by atoms with Crippen LogP contribution in [0.2, 0.25) is 0 Å². The lowest BCUT2D eigenvalue weighted by molar-refractivity contribution is -0.126. The smallest absolute Gasteiger partial charge is 0.223 e. The summed E-state index contributed by atoms with van der Waals surface area (Å²) in [5, 5.41) is 3.07. The minimum absolute atomic E-state index is 0.223. The molecule has 0 aromatic carbocycles. The van der Waals surface area contributed by atoms with Gasteiger partial charge in [-0.05, 0) is 50.5 Å². The maximum atomic E-state index is 11.9. The van der Waals surface area contributed by atoms with Crippen molar-refractivity contribution in [2.75, 3.05) is 18.6 Å². The highest BCUT2D eigenvalue weighted by Gasteiger charge is 2.23. The van der Waals surface area contributed by atoms with Gasteiger partial charge in [0.05, 0.1) is 0 Å². The molecule has 0 unspecified atom stereocenters. The van der Waals surface area contributed by atoms with Crippen molar-refractivity contribution >= 4 is 17.7 Å². The fraction of sp³-hybridized carbons (Fsp3) is 0.929. The molecule has 0 aromatic rings. The summed E-state index contributed by atoms with van der Waals surface area (Å²) in [4.78, 5) is 11.9. The van der Waals surface area contributed by atoms with Crippen LogP contribution in [-0.4, -0.2) is 30.5 Å². The van der Waals surface area contributed by atoms with Gasteiger partial charge in [-0.15, -0.1) is 0 Å². The summed E-state index contributed by atoms with van der Waals surface area (Å²) in [6, 6.07) is 0.325. The lowest BCUT2D eigenvalue weighted by Gasteiger charge is -2.25. The van der Waals surface area contributed by atoms with Gasteiger partial charge in [0, 0.05) is 18.5 Å². The van der Waals surface area contributed by atoms with Gasteiger partial charge in [0.25, 0.3) is 0 Å². The molecule has 1 aliphatic rings. The summed E-state index contributed by atoms with van der Waals surface area (Å²) < 4.78 is 0. The standard InChI is InChI=1S/C14H28N2OS/c1-18-11-5-3-2-4-10-16-14(17)12-6-8-13(15)9-7-12/h12-13H,2-11,15H2,1H3,(H,16,17). The van der Waals surface area contributed by atoms with Gasteiger partial charge in [-0.25, -0.2) is 0 Å². The summed E-state index contributed by atoms with van der Waals surface area (Å²) >= 11 is 1.91. The number of amides is 1. The third-order valence-electron chi connectivity index (χ3n) is 3.72. The van der Waals surface area contributed by atoms with Crippen LogP contribution >= 0.6 is 11.8 Å². The predicted molar refractivity (Wildman–Crippen MR) is 79.8 cm³/mol. The Kier molecular flexibility index (Phi) is 8.51.